The van der Waals surface area contributed by atoms with Gasteiger partial charge in [0, 0.05) is 17.6 Å². The maximum Gasteiger partial charge on any atom is 0.301 e. The van der Waals surface area contributed by atoms with Gasteiger partial charge < -0.3 is 4.74 Å². The summed E-state index contributed by atoms with van der Waals surface area (Å²) in [4.78, 5) is 0. The van der Waals surface area contributed by atoms with Crippen molar-refractivity contribution >= 4 is 31.8 Å². The predicted octanol–water partition coefficient (Wildman–Crippen LogP) is 1.75. The Morgan fingerprint density at radius 1 is 1.33 bits per heavy atom. The molecule has 0 saturated carbocycles. The Morgan fingerprint density at radius 3 is 2.67 bits per heavy atom. The molecule has 18 heavy (non-hydrogen) atoms. The molecule has 100 valence electrons. The number of nitrogens with one attached hydrogen (secondary N) is 1. The van der Waals surface area contributed by atoms with E-state index in [1.807, 2.05) is 13.0 Å². The van der Waals surface area contributed by atoms with E-state index in [0.29, 0.717) is 32.0 Å². The van der Waals surface area contributed by atoms with Crippen LogP contribution in [-0.2, 0) is 14.9 Å². The number of hydrogen-bond acceptors (Lipinski definition) is 3. The molecule has 1 aliphatic heterocycles. The zero-order chi connectivity index (χ0) is 13.2. The van der Waals surface area contributed by atoms with Crippen LogP contribution in [0.25, 0.3) is 0 Å². The van der Waals surface area contributed by atoms with Crippen LogP contribution in [0.1, 0.15) is 5.56 Å². The lowest BCUT2D eigenvalue weighted by molar-refractivity contribution is 0.0733. The average Bonchev–Trinajstić information content (AvgIpc) is 2.36. The Bertz CT molecular complexity index is 527. The summed E-state index contributed by atoms with van der Waals surface area (Å²) in [6, 6.07) is 5.42. The van der Waals surface area contributed by atoms with Gasteiger partial charge in [-0.25, -0.2) is 0 Å². The number of halogens is 1. The molecular formula is C11H15BrN2O3S. The van der Waals surface area contributed by atoms with Gasteiger partial charge in [-0.15, -0.1) is 0 Å². The number of nitrogens with zero attached hydrogens (tertiary/aromatic N) is 1. The number of benzene rings is 1. The van der Waals surface area contributed by atoms with Gasteiger partial charge in [-0.2, -0.15) is 12.7 Å². The Labute approximate surface area is 115 Å². The molecule has 0 spiro atoms. The largest absolute Gasteiger partial charge is 0.379 e. The maximum atomic E-state index is 12.2. The molecular weight excluding hydrogens is 320 g/mol. The molecule has 1 fully saturated rings. The third kappa shape index (κ3) is 3.03. The summed E-state index contributed by atoms with van der Waals surface area (Å²) in [7, 11) is -3.49. The zero-order valence-corrected chi connectivity index (χ0v) is 12.4. The van der Waals surface area contributed by atoms with Gasteiger partial charge in [0.25, 0.3) is 0 Å². The SMILES string of the molecule is Cc1c(Br)cccc1NS(=O)(=O)N1CCOCC1. The van der Waals surface area contributed by atoms with Crippen molar-refractivity contribution in [3.05, 3.63) is 28.2 Å². The molecule has 2 rings (SSSR count). The van der Waals surface area contributed by atoms with Crippen LogP contribution < -0.4 is 4.72 Å². The molecule has 0 bridgehead atoms. The first-order valence-electron chi connectivity index (χ1n) is 5.61. The highest BCUT2D eigenvalue weighted by molar-refractivity contribution is 9.10. The smallest absolute Gasteiger partial charge is 0.301 e. The lowest BCUT2D eigenvalue weighted by Crippen LogP contribution is -2.43. The highest BCUT2D eigenvalue weighted by Gasteiger charge is 2.24. The Kier molecular flexibility index (Phi) is 4.26. The molecule has 1 aromatic rings. The van der Waals surface area contributed by atoms with Crippen molar-refractivity contribution in [2.75, 3.05) is 31.0 Å². The second kappa shape index (κ2) is 5.56. The third-order valence-electron chi connectivity index (χ3n) is 2.82. The number of rotatable bonds is 3. The fraction of sp³-hybridized carbons (Fsp3) is 0.455. The Hall–Kier alpha value is -0.630. The summed E-state index contributed by atoms with van der Waals surface area (Å²) in [5.41, 5.74) is 1.46. The highest BCUT2D eigenvalue weighted by atomic mass is 79.9. The van der Waals surface area contributed by atoms with Gasteiger partial charge >= 0.3 is 10.2 Å². The van der Waals surface area contributed by atoms with Crippen molar-refractivity contribution in [2.45, 2.75) is 6.92 Å². The first-order valence-corrected chi connectivity index (χ1v) is 7.85. The van der Waals surface area contributed by atoms with E-state index >= 15 is 0 Å². The average molecular weight is 335 g/mol. The van der Waals surface area contributed by atoms with Gasteiger partial charge in [0.15, 0.2) is 0 Å². The number of hydrogen-bond donors (Lipinski definition) is 1. The first kappa shape index (κ1) is 13.8. The van der Waals surface area contributed by atoms with E-state index in [9.17, 15) is 8.42 Å². The monoisotopic (exact) mass is 334 g/mol. The molecule has 0 aromatic heterocycles. The van der Waals surface area contributed by atoms with Gasteiger partial charge in [0.2, 0.25) is 0 Å². The second-order valence-electron chi connectivity index (χ2n) is 4.03. The molecule has 0 radical (unpaired) electrons. The molecule has 0 aliphatic carbocycles. The van der Waals surface area contributed by atoms with Crippen LogP contribution in [0.2, 0.25) is 0 Å². The minimum atomic E-state index is -3.49. The van der Waals surface area contributed by atoms with Crippen LogP contribution in [0.4, 0.5) is 5.69 Å². The molecule has 0 unspecified atom stereocenters. The van der Waals surface area contributed by atoms with Gasteiger partial charge in [-0.05, 0) is 24.6 Å². The van der Waals surface area contributed by atoms with E-state index in [-0.39, 0.29) is 0 Å². The van der Waals surface area contributed by atoms with Crippen molar-refractivity contribution in [3.8, 4) is 0 Å². The van der Waals surface area contributed by atoms with Crippen molar-refractivity contribution in [1.82, 2.24) is 4.31 Å². The molecule has 1 aliphatic rings. The Balaban J connectivity index is 2.19. The molecule has 7 heteroatoms. The quantitative estimate of drug-likeness (QED) is 0.916. The van der Waals surface area contributed by atoms with Crippen LogP contribution >= 0.6 is 15.9 Å². The summed E-state index contributed by atoms with van der Waals surface area (Å²) in [6.07, 6.45) is 0. The van der Waals surface area contributed by atoms with Crippen LogP contribution in [0.3, 0.4) is 0 Å². The standard InChI is InChI=1S/C11H15BrN2O3S/c1-9-10(12)3-2-4-11(9)13-18(15,16)14-5-7-17-8-6-14/h2-4,13H,5-8H2,1H3. The second-order valence-corrected chi connectivity index (χ2v) is 6.56. The van der Waals surface area contributed by atoms with Gasteiger partial charge in [-0.1, -0.05) is 22.0 Å². The molecule has 1 saturated heterocycles. The zero-order valence-electron chi connectivity index (χ0n) is 10.0. The van der Waals surface area contributed by atoms with E-state index in [0.717, 1.165) is 10.0 Å². The van der Waals surface area contributed by atoms with E-state index < -0.39 is 10.2 Å². The molecule has 0 amide bonds. The third-order valence-corrected chi connectivity index (χ3v) is 5.20. The van der Waals surface area contributed by atoms with E-state index in [2.05, 4.69) is 20.7 Å². The van der Waals surface area contributed by atoms with Crippen molar-refractivity contribution in [1.29, 1.82) is 0 Å². The lowest BCUT2D eigenvalue weighted by Gasteiger charge is -2.26. The first-order chi connectivity index (χ1) is 8.50. The van der Waals surface area contributed by atoms with Gasteiger partial charge in [0.1, 0.15) is 0 Å². The van der Waals surface area contributed by atoms with Crippen molar-refractivity contribution in [3.63, 3.8) is 0 Å². The molecule has 0 atom stereocenters. The van der Waals surface area contributed by atoms with Crippen LogP contribution in [0, 0.1) is 6.92 Å². The minimum absolute atomic E-state index is 0.391. The van der Waals surface area contributed by atoms with Crippen LogP contribution in [0.15, 0.2) is 22.7 Å². The number of ether oxygens (including phenoxy) is 1. The number of morpholine rings is 1. The molecule has 1 aromatic carbocycles. The molecule has 1 N–H and O–H groups in total. The summed E-state index contributed by atoms with van der Waals surface area (Å²) in [6.45, 7) is 3.53. The highest BCUT2D eigenvalue weighted by Crippen LogP contribution is 2.24. The summed E-state index contributed by atoms with van der Waals surface area (Å²) < 4.78 is 34.4. The van der Waals surface area contributed by atoms with Gasteiger partial charge in [-0.3, -0.25) is 4.72 Å². The van der Waals surface area contributed by atoms with Crippen LogP contribution in [0.5, 0.6) is 0 Å². The van der Waals surface area contributed by atoms with Crippen molar-refractivity contribution < 1.29 is 13.2 Å². The fourth-order valence-electron chi connectivity index (χ4n) is 1.71. The minimum Gasteiger partial charge on any atom is -0.379 e. The Morgan fingerprint density at radius 2 is 2.00 bits per heavy atom. The molecule has 1 heterocycles. The number of anilines is 1. The van der Waals surface area contributed by atoms with E-state index in [4.69, 9.17) is 4.74 Å². The maximum absolute atomic E-state index is 12.2. The topological polar surface area (TPSA) is 58.6 Å². The van der Waals surface area contributed by atoms with Crippen molar-refractivity contribution in [2.24, 2.45) is 0 Å². The normalized spacial score (nSPS) is 17.7. The van der Waals surface area contributed by atoms with E-state index in [1.165, 1.54) is 4.31 Å². The summed E-state index contributed by atoms with van der Waals surface area (Å²) in [5, 5.41) is 0. The van der Waals surface area contributed by atoms with Gasteiger partial charge in [0.05, 0.1) is 18.9 Å². The summed E-state index contributed by atoms with van der Waals surface area (Å²) in [5.74, 6) is 0. The van der Waals surface area contributed by atoms with Crippen LogP contribution in [-0.4, -0.2) is 39.0 Å². The summed E-state index contributed by atoms with van der Waals surface area (Å²) >= 11 is 3.38. The molecule has 5 nitrogen and oxygen atoms in total. The fourth-order valence-corrected chi connectivity index (χ4v) is 3.33. The lowest BCUT2D eigenvalue weighted by atomic mass is 10.2. The predicted molar refractivity (Wildman–Crippen MR) is 73.8 cm³/mol. The van der Waals surface area contributed by atoms with E-state index in [1.54, 1.807) is 12.1 Å².